The fourth-order valence-corrected chi connectivity index (χ4v) is 2.88. The first kappa shape index (κ1) is 12.5. The number of nitrogens with zero attached hydrogens (tertiary/aromatic N) is 2. The van der Waals surface area contributed by atoms with Crippen molar-refractivity contribution in [2.45, 2.75) is 6.04 Å². The van der Waals surface area contributed by atoms with Crippen LogP contribution in [-0.4, -0.2) is 22.9 Å². The standard InChI is InChI=1S/C15H15N2OP/c18-19-17(16-11-12-16)15(13-7-3-1-4-8-13)14-9-5-2-6-10-14/h1-10,15H,11-12H2. The van der Waals surface area contributed by atoms with Crippen LogP contribution in [-0.2, 0) is 4.57 Å². The van der Waals surface area contributed by atoms with Gasteiger partial charge in [0.2, 0.25) is 0 Å². The summed E-state index contributed by atoms with van der Waals surface area (Å²) in [6.45, 7) is 1.96. The van der Waals surface area contributed by atoms with Crippen LogP contribution < -0.4 is 0 Å². The Morgan fingerprint density at radius 1 is 0.895 bits per heavy atom. The molecule has 0 saturated carbocycles. The Kier molecular flexibility index (Phi) is 3.69. The van der Waals surface area contributed by atoms with Crippen LogP contribution >= 0.6 is 8.61 Å². The van der Waals surface area contributed by atoms with Gasteiger partial charge in [-0.2, -0.15) is 0 Å². The monoisotopic (exact) mass is 270 g/mol. The highest BCUT2D eigenvalue weighted by atomic mass is 31.1. The van der Waals surface area contributed by atoms with Gasteiger partial charge in [-0.25, -0.2) is 5.01 Å². The van der Waals surface area contributed by atoms with Gasteiger partial charge in [0.05, 0.1) is 6.04 Å². The Hall–Kier alpha value is -1.54. The molecule has 1 aliphatic heterocycles. The van der Waals surface area contributed by atoms with E-state index in [9.17, 15) is 4.57 Å². The first-order chi connectivity index (χ1) is 9.40. The Morgan fingerprint density at radius 3 is 1.74 bits per heavy atom. The molecule has 1 heterocycles. The SMILES string of the molecule is O=PN(C(c1ccccc1)c1ccccc1)N1CC1. The lowest BCUT2D eigenvalue weighted by Gasteiger charge is -2.26. The maximum Gasteiger partial charge on any atom is 0.265 e. The molecule has 0 aromatic heterocycles. The molecule has 0 N–H and O–H groups in total. The minimum atomic E-state index is 0.00377. The van der Waals surface area contributed by atoms with Gasteiger partial charge in [0, 0.05) is 13.1 Å². The number of hydrazine groups is 1. The quantitative estimate of drug-likeness (QED) is 0.613. The van der Waals surface area contributed by atoms with E-state index < -0.39 is 0 Å². The van der Waals surface area contributed by atoms with E-state index in [1.165, 1.54) is 0 Å². The molecule has 2 aromatic rings. The Morgan fingerprint density at radius 2 is 1.37 bits per heavy atom. The maximum absolute atomic E-state index is 11.6. The van der Waals surface area contributed by atoms with Gasteiger partial charge in [-0.05, 0) is 11.1 Å². The summed E-state index contributed by atoms with van der Waals surface area (Å²) in [6.07, 6.45) is 0. The van der Waals surface area contributed by atoms with E-state index in [1.807, 2.05) is 41.2 Å². The molecule has 0 unspecified atom stereocenters. The van der Waals surface area contributed by atoms with Crippen LogP contribution in [0.3, 0.4) is 0 Å². The molecule has 0 radical (unpaired) electrons. The first-order valence-electron chi connectivity index (χ1n) is 6.37. The van der Waals surface area contributed by atoms with Gasteiger partial charge in [0.25, 0.3) is 8.61 Å². The third kappa shape index (κ3) is 2.74. The van der Waals surface area contributed by atoms with Crippen molar-refractivity contribution < 1.29 is 4.57 Å². The van der Waals surface area contributed by atoms with Crippen LogP contribution in [0.4, 0.5) is 0 Å². The van der Waals surface area contributed by atoms with E-state index in [4.69, 9.17) is 0 Å². The second-order valence-corrected chi connectivity index (χ2v) is 5.15. The van der Waals surface area contributed by atoms with Crippen molar-refractivity contribution in [3.05, 3.63) is 71.8 Å². The molecule has 96 valence electrons. The summed E-state index contributed by atoms with van der Waals surface area (Å²) in [4.78, 5) is 0. The van der Waals surface area contributed by atoms with Gasteiger partial charge >= 0.3 is 0 Å². The van der Waals surface area contributed by atoms with Gasteiger partial charge in [-0.15, -0.1) is 4.78 Å². The van der Waals surface area contributed by atoms with Gasteiger partial charge in [0.1, 0.15) is 0 Å². The fourth-order valence-electron chi connectivity index (χ4n) is 2.24. The molecule has 1 fully saturated rings. The normalized spacial score (nSPS) is 15.3. The van der Waals surface area contributed by atoms with Gasteiger partial charge < -0.3 is 0 Å². The lowest BCUT2D eigenvalue weighted by Crippen LogP contribution is -2.26. The average molecular weight is 270 g/mol. The molecule has 19 heavy (non-hydrogen) atoms. The number of rotatable bonds is 5. The molecule has 1 aliphatic rings. The molecule has 2 aromatic carbocycles. The number of hydrogen-bond acceptors (Lipinski definition) is 2. The van der Waals surface area contributed by atoms with E-state index in [0.29, 0.717) is 0 Å². The molecule has 0 aliphatic carbocycles. The molecule has 3 rings (SSSR count). The molecular formula is C15H15N2OP. The van der Waals surface area contributed by atoms with Crippen LogP contribution in [0.1, 0.15) is 17.2 Å². The smallest absolute Gasteiger partial charge is 0.254 e. The Labute approximate surface area is 114 Å². The van der Waals surface area contributed by atoms with Gasteiger partial charge in [-0.3, -0.25) is 4.57 Å². The molecule has 1 saturated heterocycles. The lowest BCUT2D eigenvalue weighted by molar-refractivity contribution is 0.177. The van der Waals surface area contributed by atoms with Crippen molar-refractivity contribution in [2.24, 2.45) is 0 Å². The molecule has 0 spiro atoms. The highest BCUT2D eigenvalue weighted by Crippen LogP contribution is 2.36. The summed E-state index contributed by atoms with van der Waals surface area (Å²) in [6, 6.07) is 20.4. The van der Waals surface area contributed by atoms with Crippen molar-refractivity contribution >= 4 is 8.61 Å². The zero-order valence-corrected chi connectivity index (χ0v) is 11.4. The molecule has 3 nitrogen and oxygen atoms in total. The van der Waals surface area contributed by atoms with Crippen LogP contribution in [0, 0.1) is 0 Å². The van der Waals surface area contributed by atoms with Crippen molar-refractivity contribution in [3.63, 3.8) is 0 Å². The molecule has 4 heteroatoms. The van der Waals surface area contributed by atoms with E-state index in [0.717, 1.165) is 24.2 Å². The van der Waals surface area contributed by atoms with E-state index >= 15 is 0 Å². The summed E-state index contributed by atoms with van der Waals surface area (Å²) in [5.41, 5.74) is 2.31. The number of hydrogen-bond donors (Lipinski definition) is 0. The van der Waals surface area contributed by atoms with Crippen LogP contribution in [0.15, 0.2) is 60.7 Å². The minimum absolute atomic E-state index is 0.00377. The molecule has 0 bridgehead atoms. The molecule has 0 amide bonds. The summed E-state index contributed by atoms with van der Waals surface area (Å²) in [7, 11) is 0.0400. The topological polar surface area (TPSA) is 23.3 Å². The van der Waals surface area contributed by atoms with E-state index in [-0.39, 0.29) is 14.7 Å². The maximum atomic E-state index is 11.6. The van der Waals surface area contributed by atoms with Crippen molar-refractivity contribution in [2.75, 3.05) is 13.1 Å². The van der Waals surface area contributed by atoms with Crippen LogP contribution in [0.5, 0.6) is 0 Å². The average Bonchev–Trinajstić information content (AvgIpc) is 3.31. The minimum Gasteiger partial charge on any atom is -0.254 e. The van der Waals surface area contributed by atoms with Crippen molar-refractivity contribution in [1.82, 2.24) is 9.79 Å². The van der Waals surface area contributed by atoms with Gasteiger partial charge in [0.15, 0.2) is 0 Å². The van der Waals surface area contributed by atoms with Crippen molar-refractivity contribution in [3.8, 4) is 0 Å². The second-order valence-electron chi connectivity index (χ2n) is 4.58. The van der Waals surface area contributed by atoms with Crippen LogP contribution in [0.25, 0.3) is 0 Å². The summed E-state index contributed by atoms with van der Waals surface area (Å²) in [5, 5.41) is 2.10. The van der Waals surface area contributed by atoms with Crippen LogP contribution in [0.2, 0.25) is 0 Å². The fraction of sp³-hybridized carbons (Fsp3) is 0.200. The first-order valence-corrected chi connectivity index (χ1v) is 7.14. The second kappa shape index (κ2) is 5.62. The predicted molar refractivity (Wildman–Crippen MR) is 75.7 cm³/mol. The van der Waals surface area contributed by atoms with E-state index in [1.54, 1.807) is 0 Å². The van der Waals surface area contributed by atoms with Crippen molar-refractivity contribution in [1.29, 1.82) is 0 Å². The Balaban J connectivity index is 2.02. The predicted octanol–water partition coefficient (Wildman–Crippen LogP) is 3.52. The molecule has 0 atom stereocenters. The third-order valence-electron chi connectivity index (χ3n) is 3.26. The summed E-state index contributed by atoms with van der Waals surface area (Å²) < 4.78 is 13.4. The zero-order valence-electron chi connectivity index (χ0n) is 10.5. The summed E-state index contributed by atoms with van der Waals surface area (Å²) in [5.74, 6) is 0. The van der Waals surface area contributed by atoms with Gasteiger partial charge in [-0.1, -0.05) is 60.7 Å². The summed E-state index contributed by atoms with van der Waals surface area (Å²) >= 11 is 0. The number of benzene rings is 2. The van der Waals surface area contributed by atoms with E-state index in [2.05, 4.69) is 29.3 Å². The zero-order chi connectivity index (χ0) is 13.1. The highest BCUT2D eigenvalue weighted by Gasteiger charge is 2.33. The Bertz CT molecular complexity index is 503. The largest absolute Gasteiger partial charge is 0.265 e. The third-order valence-corrected chi connectivity index (χ3v) is 3.91. The highest BCUT2D eigenvalue weighted by molar-refractivity contribution is 7.20. The molecular weight excluding hydrogens is 255 g/mol. The lowest BCUT2D eigenvalue weighted by atomic mass is 9.99.